The van der Waals surface area contributed by atoms with Gasteiger partial charge in [0, 0.05) is 19.2 Å². The number of aromatic carboxylic acids is 1. The predicted molar refractivity (Wildman–Crippen MR) is 149 cm³/mol. The number of carbonyl (C=O) groups is 2. The molecule has 1 saturated carbocycles. The number of hydrogen-bond acceptors (Lipinski definition) is 6. The molecule has 5 rings (SSSR count). The van der Waals surface area contributed by atoms with Gasteiger partial charge in [0.1, 0.15) is 18.0 Å². The lowest BCUT2D eigenvalue weighted by molar-refractivity contribution is -0.126. The van der Waals surface area contributed by atoms with Gasteiger partial charge in [-0.1, -0.05) is 31.4 Å². The van der Waals surface area contributed by atoms with E-state index in [1.54, 1.807) is 0 Å². The van der Waals surface area contributed by atoms with E-state index >= 15 is 0 Å². The van der Waals surface area contributed by atoms with Crippen LogP contribution < -0.4 is 16.0 Å². The standard InChI is InChI=1S/C31H29F3N4O4/c1-42-28(18-7-10-21(32)11-8-18)31(37-25-14-22(33)23(34)15-26(25)38-31)27(17-5-3-2-4-6-17)29(39)36-24-12-9-19(30(40)41)13-20(24)16-35/h7-15,17,27-28,37-38H,2-6H2,1H3,(H,36,39)(H,40,41). The third kappa shape index (κ3) is 5.37. The van der Waals surface area contributed by atoms with E-state index < -0.39 is 47.0 Å². The molecule has 0 spiro atoms. The molecule has 11 heteroatoms. The largest absolute Gasteiger partial charge is 0.478 e. The van der Waals surface area contributed by atoms with Gasteiger partial charge in [0.15, 0.2) is 17.3 Å². The molecule has 1 heterocycles. The molecule has 218 valence electrons. The number of hydrogen-bond donors (Lipinski definition) is 4. The van der Waals surface area contributed by atoms with Gasteiger partial charge < -0.3 is 25.8 Å². The van der Waals surface area contributed by atoms with Gasteiger partial charge in [-0.25, -0.2) is 18.0 Å². The number of fused-ring (bicyclic) bond motifs is 1. The first-order valence-corrected chi connectivity index (χ1v) is 13.6. The molecule has 1 fully saturated rings. The van der Waals surface area contributed by atoms with Crippen molar-refractivity contribution in [2.24, 2.45) is 11.8 Å². The van der Waals surface area contributed by atoms with Crippen molar-refractivity contribution in [1.29, 1.82) is 5.26 Å². The number of nitriles is 1. The van der Waals surface area contributed by atoms with Gasteiger partial charge in [0.05, 0.1) is 34.1 Å². The molecule has 8 nitrogen and oxygen atoms in total. The minimum Gasteiger partial charge on any atom is -0.478 e. The summed E-state index contributed by atoms with van der Waals surface area (Å²) in [4.78, 5) is 25.9. The number of benzene rings is 3. The zero-order valence-electron chi connectivity index (χ0n) is 22.7. The number of carbonyl (C=O) groups excluding carboxylic acids is 1. The molecule has 2 atom stereocenters. The average Bonchev–Trinajstić information content (AvgIpc) is 3.33. The van der Waals surface area contributed by atoms with Crippen LogP contribution in [0.25, 0.3) is 0 Å². The van der Waals surface area contributed by atoms with E-state index in [2.05, 4.69) is 16.0 Å². The van der Waals surface area contributed by atoms with Crippen molar-refractivity contribution in [3.05, 3.63) is 88.7 Å². The molecule has 2 unspecified atom stereocenters. The van der Waals surface area contributed by atoms with Gasteiger partial charge in [0.2, 0.25) is 5.91 Å². The molecule has 4 N–H and O–H groups in total. The third-order valence-corrected chi connectivity index (χ3v) is 8.10. The Balaban J connectivity index is 1.65. The number of amides is 1. The smallest absolute Gasteiger partial charge is 0.335 e. The number of carboxylic acids is 1. The fourth-order valence-electron chi connectivity index (χ4n) is 6.25. The number of nitrogens with one attached hydrogen (secondary N) is 3. The van der Waals surface area contributed by atoms with E-state index in [0.29, 0.717) is 18.4 Å². The summed E-state index contributed by atoms with van der Waals surface area (Å²) in [6.07, 6.45) is 3.07. The Labute approximate surface area is 240 Å². The van der Waals surface area contributed by atoms with Crippen molar-refractivity contribution in [3.8, 4) is 6.07 Å². The highest BCUT2D eigenvalue weighted by Crippen LogP contribution is 2.50. The lowest BCUT2D eigenvalue weighted by Crippen LogP contribution is -2.60. The molecule has 1 aliphatic carbocycles. The Morgan fingerprint density at radius 3 is 2.17 bits per heavy atom. The molecular weight excluding hydrogens is 549 g/mol. The van der Waals surface area contributed by atoms with Gasteiger partial charge >= 0.3 is 5.97 Å². The quantitative estimate of drug-likeness (QED) is 0.243. The zero-order chi connectivity index (χ0) is 30.0. The van der Waals surface area contributed by atoms with Crippen molar-refractivity contribution in [3.63, 3.8) is 0 Å². The Morgan fingerprint density at radius 2 is 1.62 bits per heavy atom. The SMILES string of the molecule is COC(c1ccc(F)cc1)C1(C(C(=O)Nc2ccc(C(=O)O)cc2C#N)C2CCCCC2)Nc2cc(F)c(F)cc2N1. The summed E-state index contributed by atoms with van der Waals surface area (Å²) in [6, 6.07) is 13.3. The van der Waals surface area contributed by atoms with Gasteiger partial charge in [-0.3, -0.25) is 4.79 Å². The van der Waals surface area contributed by atoms with Gasteiger partial charge in [0.25, 0.3) is 0 Å². The maximum Gasteiger partial charge on any atom is 0.335 e. The Hall–Kier alpha value is -4.56. The van der Waals surface area contributed by atoms with Crippen LogP contribution in [0.1, 0.15) is 59.7 Å². The van der Waals surface area contributed by atoms with Crippen LogP contribution in [0.5, 0.6) is 0 Å². The molecule has 0 aromatic heterocycles. The van der Waals surface area contributed by atoms with E-state index in [4.69, 9.17) is 4.74 Å². The highest BCUT2D eigenvalue weighted by molar-refractivity contribution is 5.98. The number of halogens is 3. The van der Waals surface area contributed by atoms with Crippen molar-refractivity contribution >= 4 is 28.9 Å². The molecule has 0 saturated heterocycles. The van der Waals surface area contributed by atoms with Crippen molar-refractivity contribution in [1.82, 2.24) is 0 Å². The maximum atomic E-state index is 14.4. The fourth-order valence-corrected chi connectivity index (χ4v) is 6.25. The van der Waals surface area contributed by atoms with Gasteiger partial charge in [-0.15, -0.1) is 0 Å². The minimum absolute atomic E-state index is 0.0405. The normalized spacial score (nSPS) is 17.2. The molecule has 2 aliphatic rings. The second kappa shape index (κ2) is 11.7. The molecular formula is C31H29F3N4O4. The van der Waals surface area contributed by atoms with Gasteiger partial charge in [-0.05, 0) is 54.7 Å². The highest BCUT2D eigenvalue weighted by atomic mass is 19.2. The fraction of sp³-hybridized carbons (Fsp3) is 0.323. The van der Waals surface area contributed by atoms with Crippen LogP contribution in [0.3, 0.4) is 0 Å². The van der Waals surface area contributed by atoms with Crippen LogP contribution in [0.2, 0.25) is 0 Å². The first-order chi connectivity index (χ1) is 20.2. The summed E-state index contributed by atoms with van der Waals surface area (Å²) in [6.45, 7) is 0. The van der Waals surface area contributed by atoms with Crippen LogP contribution in [-0.4, -0.2) is 29.8 Å². The molecule has 42 heavy (non-hydrogen) atoms. The maximum absolute atomic E-state index is 14.4. The van der Waals surface area contributed by atoms with Crippen LogP contribution in [-0.2, 0) is 9.53 Å². The van der Waals surface area contributed by atoms with E-state index in [0.717, 1.165) is 31.4 Å². The second-order valence-corrected chi connectivity index (χ2v) is 10.6. The number of methoxy groups -OCH3 is 1. The second-order valence-electron chi connectivity index (χ2n) is 10.6. The van der Waals surface area contributed by atoms with E-state index in [-0.39, 0.29) is 34.1 Å². The summed E-state index contributed by atoms with van der Waals surface area (Å²) in [5.41, 5.74) is -0.600. The van der Waals surface area contributed by atoms with Crippen LogP contribution in [0, 0.1) is 40.6 Å². The number of carboxylic acid groups (broad SMARTS) is 1. The Kier molecular flexibility index (Phi) is 8.09. The van der Waals surface area contributed by atoms with Crippen LogP contribution >= 0.6 is 0 Å². The summed E-state index contributed by atoms with van der Waals surface area (Å²) >= 11 is 0. The lowest BCUT2D eigenvalue weighted by atomic mass is 9.70. The minimum atomic E-state index is -1.50. The number of ether oxygens (including phenoxy) is 1. The molecule has 1 amide bonds. The molecule has 3 aromatic rings. The summed E-state index contributed by atoms with van der Waals surface area (Å²) in [5, 5.41) is 28.4. The van der Waals surface area contributed by atoms with Crippen LogP contribution in [0.15, 0.2) is 54.6 Å². The monoisotopic (exact) mass is 578 g/mol. The summed E-state index contributed by atoms with van der Waals surface area (Å²) < 4.78 is 48.7. The van der Waals surface area contributed by atoms with Crippen molar-refractivity contribution in [2.45, 2.75) is 43.9 Å². The van der Waals surface area contributed by atoms with Crippen molar-refractivity contribution < 1.29 is 32.6 Å². The van der Waals surface area contributed by atoms with E-state index in [1.165, 1.54) is 49.6 Å². The third-order valence-electron chi connectivity index (χ3n) is 8.10. The van der Waals surface area contributed by atoms with Crippen LogP contribution in [0.4, 0.5) is 30.2 Å². The van der Waals surface area contributed by atoms with Crippen molar-refractivity contribution in [2.75, 3.05) is 23.1 Å². The molecule has 1 aliphatic heterocycles. The first kappa shape index (κ1) is 29.0. The number of anilines is 3. The molecule has 0 radical (unpaired) electrons. The van der Waals surface area contributed by atoms with E-state index in [1.807, 2.05) is 6.07 Å². The number of rotatable bonds is 8. The topological polar surface area (TPSA) is 123 Å². The summed E-state index contributed by atoms with van der Waals surface area (Å²) in [7, 11) is 1.43. The average molecular weight is 579 g/mol. The first-order valence-electron chi connectivity index (χ1n) is 13.6. The zero-order valence-corrected chi connectivity index (χ0v) is 22.7. The molecule has 3 aromatic carbocycles. The van der Waals surface area contributed by atoms with E-state index in [9.17, 15) is 33.1 Å². The lowest BCUT2D eigenvalue weighted by Gasteiger charge is -2.46. The Morgan fingerprint density at radius 1 is 1.00 bits per heavy atom. The predicted octanol–water partition coefficient (Wildman–Crippen LogP) is 6.43. The molecule has 0 bridgehead atoms. The Bertz CT molecular complexity index is 1520. The number of nitrogens with zero attached hydrogens (tertiary/aromatic N) is 1. The summed E-state index contributed by atoms with van der Waals surface area (Å²) in [5.74, 6) is -5.54. The van der Waals surface area contributed by atoms with Gasteiger partial charge in [-0.2, -0.15) is 5.26 Å². The highest BCUT2D eigenvalue weighted by Gasteiger charge is 2.56.